The van der Waals surface area contributed by atoms with Crippen molar-refractivity contribution in [3.63, 3.8) is 0 Å². The smallest absolute Gasteiger partial charge is 0.387 e. The van der Waals surface area contributed by atoms with Crippen LogP contribution in [0, 0.1) is 0 Å². The number of hydrogen-bond acceptors (Lipinski definition) is 7. The Hall–Kier alpha value is -3.63. The lowest BCUT2D eigenvalue weighted by Crippen LogP contribution is -2.46. The van der Waals surface area contributed by atoms with Gasteiger partial charge < -0.3 is 23.9 Å². The zero-order valence-electron chi connectivity index (χ0n) is 19.9. The molecule has 0 radical (unpaired) electrons. The molecule has 7 rings (SSSR count). The number of aromatic nitrogens is 4. The number of halogens is 2. The number of aliphatic hydroxyl groups excluding tert-OH is 1. The minimum atomic E-state index is -2.93. The lowest BCUT2D eigenvalue weighted by atomic mass is 9.95. The maximum atomic E-state index is 13.1. The van der Waals surface area contributed by atoms with Gasteiger partial charge in [0.1, 0.15) is 11.4 Å². The summed E-state index contributed by atoms with van der Waals surface area (Å²) in [5.41, 5.74) is 4.35. The van der Waals surface area contributed by atoms with Crippen molar-refractivity contribution < 1.29 is 23.4 Å². The van der Waals surface area contributed by atoms with E-state index in [1.165, 1.54) is 6.07 Å². The summed E-state index contributed by atoms with van der Waals surface area (Å²) >= 11 is 0. The number of aliphatic hydroxyl groups is 1. The molecular weight excluding hydrogens is 480 g/mol. The normalized spacial score (nSPS) is 24.7. The minimum Gasteiger partial charge on any atom is -0.435 e. The molecule has 2 fully saturated rings. The van der Waals surface area contributed by atoms with Crippen LogP contribution in [0.15, 0.2) is 55.0 Å². The molecule has 5 heterocycles. The summed E-state index contributed by atoms with van der Waals surface area (Å²) in [6.45, 7) is -1.51. The average Bonchev–Trinajstić information content (AvgIpc) is 3.52. The number of nitrogens with zero attached hydrogens (tertiary/aromatic N) is 5. The number of para-hydroxylation sites is 1. The Kier molecular flexibility index (Phi) is 5.33. The zero-order chi connectivity index (χ0) is 25.1. The zero-order valence-corrected chi connectivity index (χ0v) is 19.9. The second-order valence-corrected chi connectivity index (χ2v) is 9.85. The van der Waals surface area contributed by atoms with Gasteiger partial charge in [0.25, 0.3) is 0 Å². The van der Waals surface area contributed by atoms with E-state index in [9.17, 15) is 13.9 Å². The van der Waals surface area contributed by atoms with Crippen LogP contribution in [0.2, 0.25) is 0 Å². The van der Waals surface area contributed by atoms with Crippen molar-refractivity contribution in [3.8, 4) is 16.9 Å². The molecule has 4 aromatic rings. The summed E-state index contributed by atoms with van der Waals surface area (Å²) < 4.78 is 38.6. The molecule has 0 amide bonds. The van der Waals surface area contributed by atoms with Gasteiger partial charge >= 0.3 is 6.61 Å². The third-order valence-electron chi connectivity index (χ3n) is 7.74. The van der Waals surface area contributed by atoms with Crippen molar-refractivity contribution in [3.05, 3.63) is 71.9 Å². The number of hydrogen-bond donors (Lipinski definition) is 1. The van der Waals surface area contributed by atoms with Gasteiger partial charge in [-0.05, 0) is 37.5 Å². The lowest BCUT2D eigenvalue weighted by Gasteiger charge is -2.34. The first-order chi connectivity index (χ1) is 18.1. The van der Waals surface area contributed by atoms with E-state index in [4.69, 9.17) is 9.47 Å². The number of fused-ring (bicyclic) bond motifs is 5. The minimum absolute atomic E-state index is 0.106. The van der Waals surface area contributed by atoms with Gasteiger partial charge in [0, 0.05) is 41.2 Å². The van der Waals surface area contributed by atoms with Gasteiger partial charge in [0.05, 0.1) is 42.8 Å². The molecule has 2 aliphatic heterocycles. The molecule has 2 saturated heterocycles. The van der Waals surface area contributed by atoms with Gasteiger partial charge in [-0.3, -0.25) is 0 Å². The van der Waals surface area contributed by atoms with Crippen LogP contribution in [0.5, 0.6) is 5.75 Å². The summed E-state index contributed by atoms with van der Waals surface area (Å²) in [5.74, 6) is 0.485. The molecule has 1 aromatic carbocycles. The summed E-state index contributed by atoms with van der Waals surface area (Å²) in [7, 11) is 0. The highest BCUT2D eigenvalue weighted by molar-refractivity contribution is 5.65. The van der Waals surface area contributed by atoms with Gasteiger partial charge in [0.2, 0.25) is 5.95 Å². The lowest BCUT2D eigenvalue weighted by molar-refractivity contribution is -0.0506. The Balaban J connectivity index is 1.25. The third-order valence-corrected chi connectivity index (χ3v) is 7.74. The molecule has 10 heteroatoms. The number of rotatable bonds is 5. The predicted octanol–water partition coefficient (Wildman–Crippen LogP) is 4.33. The maximum Gasteiger partial charge on any atom is 0.387 e. The van der Waals surface area contributed by atoms with Crippen molar-refractivity contribution in [1.29, 1.82) is 0 Å². The second-order valence-electron chi connectivity index (χ2n) is 9.85. The van der Waals surface area contributed by atoms with Gasteiger partial charge in [-0.25, -0.2) is 15.0 Å². The van der Waals surface area contributed by atoms with E-state index in [2.05, 4.69) is 19.9 Å². The monoisotopic (exact) mass is 505 g/mol. The van der Waals surface area contributed by atoms with E-state index in [0.29, 0.717) is 48.6 Å². The molecule has 8 nitrogen and oxygen atoms in total. The van der Waals surface area contributed by atoms with Gasteiger partial charge in [0.15, 0.2) is 0 Å². The maximum absolute atomic E-state index is 13.1. The molecule has 37 heavy (non-hydrogen) atoms. The molecule has 190 valence electrons. The van der Waals surface area contributed by atoms with Crippen molar-refractivity contribution >= 4 is 11.6 Å². The van der Waals surface area contributed by atoms with Crippen LogP contribution >= 0.6 is 0 Å². The largest absolute Gasteiger partial charge is 0.435 e. The quantitative estimate of drug-likeness (QED) is 0.432. The predicted molar refractivity (Wildman–Crippen MR) is 131 cm³/mol. The summed E-state index contributed by atoms with van der Waals surface area (Å²) in [4.78, 5) is 16.3. The number of benzene rings is 1. The number of alkyl halides is 2. The number of morpholine rings is 1. The summed E-state index contributed by atoms with van der Waals surface area (Å²) in [6.07, 6.45) is 7.33. The Morgan fingerprint density at radius 2 is 1.76 bits per heavy atom. The fourth-order valence-corrected chi connectivity index (χ4v) is 6.09. The van der Waals surface area contributed by atoms with Crippen molar-refractivity contribution in [2.45, 2.75) is 50.0 Å². The summed E-state index contributed by atoms with van der Waals surface area (Å²) in [5, 5.41) is 10.8. The number of ether oxygens (including phenoxy) is 2. The van der Waals surface area contributed by atoms with E-state index in [1.54, 1.807) is 18.2 Å². The highest BCUT2D eigenvalue weighted by Gasteiger charge is 2.39. The highest BCUT2D eigenvalue weighted by atomic mass is 19.3. The van der Waals surface area contributed by atoms with E-state index >= 15 is 0 Å². The van der Waals surface area contributed by atoms with E-state index < -0.39 is 12.7 Å². The van der Waals surface area contributed by atoms with Crippen molar-refractivity contribution in [2.24, 2.45) is 0 Å². The second kappa shape index (κ2) is 8.74. The fraction of sp³-hybridized carbons (Fsp3) is 0.370. The first-order valence-corrected chi connectivity index (χ1v) is 12.5. The van der Waals surface area contributed by atoms with Crippen molar-refractivity contribution in [2.75, 3.05) is 18.1 Å². The number of pyridine rings is 1. The molecule has 4 atom stereocenters. The van der Waals surface area contributed by atoms with Crippen LogP contribution < -0.4 is 9.64 Å². The number of anilines is 1. The molecule has 0 saturated carbocycles. The first-order valence-electron chi connectivity index (χ1n) is 12.5. The Labute approximate surface area is 211 Å². The van der Waals surface area contributed by atoms with Crippen LogP contribution in [0.1, 0.15) is 48.2 Å². The first kappa shape index (κ1) is 22.6. The molecule has 3 aliphatic rings. The Morgan fingerprint density at radius 1 is 1.00 bits per heavy atom. The molecular formula is C27H25F2N5O3. The van der Waals surface area contributed by atoms with Crippen LogP contribution in [-0.4, -0.2) is 56.4 Å². The van der Waals surface area contributed by atoms with E-state index in [0.717, 1.165) is 35.6 Å². The topological polar surface area (TPSA) is 85.0 Å². The Bertz CT molecular complexity index is 1440. The van der Waals surface area contributed by atoms with E-state index in [1.807, 2.05) is 35.1 Å². The van der Waals surface area contributed by atoms with Crippen LogP contribution in [0.3, 0.4) is 0 Å². The molecule has 1 N–H and O–H groups in total. The van der Waals surface area contributed by atoms with Gasteiger partial charge in [-0.15, -0.1) is 0 Å². The van der Waals surface area contributed by atoms with Crippen LogP contribution in [0.4, 0.5) is 14.7 Å². The molecule has 0 spiro atoms. The molecule has 1 aliphatic carbocycles. The molecule has 2 bridgehead atoms. The average molecular weight is 506 g/mol. The van der Waals surface area contributed by atoms with Crippen LogP contribution in [0.25, 0.3) is 16.8 Å². The fourth-order valence-electron chi connectivity index (χ4n) is 6.09. The van der Waals surface area contributed by atoms with Crippen LogP contribution in [-0.2, 0) is 4.74 Å². The van der Waals surface area contributed by atoms with Gasteiger partial charge in [-0.2, -0.15) is 8.78 Å². The van der Waals surface area contributed by atoms with E-state index in [-0.39, 0.29) is 11.7 Å². The summed E-state index contributed by atoms with van der Waals surface area (Å²) in [6, 6.07) is 11.2. The SMILES string of the molecule is O[C@@H]1C[C@H](c2ccccc2OC(F)F)c2c1nc1ccc(-c3cnc(N4C5CCC4COC5)nc3)cn21. The van der Waals surface area contributed by atoms with Crippen molar-refractivity contribution in [1.82, 2.24) is 19.4 Å². The molecule has 3 aromatic heterocycles. The number of imidazole rings is 1. The highest BCUT2D eigenvalue weighted by Crippen LogP contribution is 2.47. The molecule has 2 unspecified atom stereocenters. The third kappa shape index (κ3) is 3.74. The van der Waals surface area contributed by atoms with Gasteiger partial charge in [-0.1, -0.05) is 18.2 Å². The Morgan fingerprint density at radius 3 is 2.51 bits per heavy atom. The standard InChI is InChI=1S/C27H25F2N5O3/c28-26(29)37-22-4-2-1-3-19(22)20-9-21(35)24-25(20)33-12-15(5-8-23(33)32-24)16-10-30-27(31-11-16)34-17-6-7-18(34)14-36-13-17/h1-5,8,10-12,17-18,20-21,26,35H,6-7,9,13-14H2/t17?,18?,20-,21-/m1/s1.